The average Bonchev–Trinajstić information content (AvgIpc) is 3.47. The molecule has 3 N–H and O–H groups in total. The number of fused-ring (bicyclic) bond motifs is 2. The number of likely N-dealkylation sites (N-methyl/N-ethyl adjacent to an activating group) is 1. The predicted molar refractivity (Wildman–Crippen MR) is 148 cm³/mol. The first-order valence-corrected chi connectivity index (χ1v) is 13.7. The van der Waals surface area contributed by atoms with Crippen LogP contribution < -0.4 is 20.7 Å². The lowest BCUT2D eigenvalue weighted by Gasteiger charge is -2.29. The Balaban J connectivity index is 1.52. The fourth-order valence-corrected chi connectivity index (χ4v) is 6.48. The van der Waals surface area contributed by atoms with Gasteiger partial charge in [-0.1, -0.05) is 22.9 Å². The van der Waals surface area contributed by atoms with Crippen LogP contribution in [0.1, 0.15) is 18.4 Å². The predicted octanol–water partition coefficient (Wildman–Crippen LogP) is 4.47. The standard InChI is InChI=1S/C26H29ClFN7OS/c1-14-10-16(22-19(11-14)37-25(29)31-22)20-18(27)12-17-23(21(20)28)32-26(36-13-15-4-3-7-34(15)2)33-24(17)35-8-5-30-6-9-35/h10-12,15,30H,3-9,13H2,1-2H3,(H2,29,31)/t15-/m0/s1. The number of aryl methyl sites for hydroxylation is 1. The van der Waals surface area contributed by atoms with Gasteiger partial charge in [0.25, 0.3) is 0 Å². The van der Waals surface area contributed by atoms with Gasteiger partial charge in [0.15, 0.2) is 10.9 Å². The Labute approximate surface area is 223 Å². The summed E-state index contributed by atoms with van der Waals surface area (Å²) in [5.74, 6) is 0.128. The molecule has 2 fully saturated rings. The van der Waals surface area contributed by atoms with Crippen molar-refractivity contribution in [2.24, 2.45) is 0 Å². The van der Waals surface area contributed by atoms with Crippen LogP contribution in [0.5, 0.6) is 6.01 Å². The minimum Gasteiger partial charge on any atom is -0.462 e. The Hall–Kier alpha value is -2.79. The maximum absolute atomic E-state index is 16.5. The number of ether oxygens (including phenoxy) is 1. The van der Waals surface area contributed by atoms with E-state index in [1.54, 1.807) is 6.07 Å². The lowest BCUT2D eigenvalue weighted by Crippen LogP contribution is -2.44. The second-order valence-electron chi connectivity index (χ2n) is 9.81. The van der Waals surface area contributed by atoms with Crippen molar-refractivity contribution in [2.75, 3.05) is 57.0 Å². The molecule has 0 radical (unpaired) electrons. The number of nitrogen functional groups attached to an aromatic ring is 1. The summed E-state index contributed by atoms with van der Waals surface area (Å²) in [4.78, 5) is 18.2. The number of halogens is 2. The molecule has 1 atom stereocenters. The first-order chi connectivity index (χ1) is 17.9. The van der Waals surface area contributed by atoms with Gasteiger partial charge in [0.2, 0.25) is 0 Å². The molecule has 194 valence electrons. The molecule has 11 heteroatoms. The Morgan fingerprint density at radius 3 is 2.73 bits per heavy atom. The average molecular weight is 542 g/mol. The highest BCUT2D eigenvalue weighted by atomic mass is 35.5. The second kappa shape index (κ2) is 9.83. The lowest BCUT2D eigenvalue weighted by atomic mass is 9.99. The summed E-state index contributed by atoms with van der Waals surface area (Å²) in [6.07, 6.45) is 2.20. The molecule has 0 unspecified atom stereocenters. The molecule has 2 aliphatic heterocycles. The van der Waals surface area contributed by atoms with Gasteiger partial charge in [0.05, 0.1) is 15.2 Å². The molecule has 2 aromatic carbocycles. The number of likely N-dealkylation sites (tertiary alicyclic amines) is 1. The summed E-state index contributed by atoms with van der Waals surface area (Å²) in [7, 11) is 2.09. The van der Waals surface area contributed by atoms with Gasteiger partial charge in [-0.15, -0.1) is 0 Å². The van der Waals surface area contributed by atoms with E-state index < -0.39 is 5.82 Å². The van der Waals surface area contributed by atoms with Crippen molar-refractivity contribution < 1.29 is 9.13 Å². The van der Waals surface area contributed by atoms with Crippen LogP contribution in [0.25, 0.3) is 32.2 Å². The number of aromatic nitrogens is 3. The number of nitrogens with zero attached hydrogens (tertiary/aromatic N) is 5. The van der Waals surface area contributed by atoms with Gasteiger partial charge in [0.1, 0.15) is 17.9 Å². The third-order valence-corrected chi connectivity index (χ3v) is 8.39. The molecule has 2 aromatic heterocycles. The zero-order valence-corrected chi connectivity index (χ0v) is 22.4. The van der Waals surface area contributed by atoms with Crippen LogP contribution in [-0.4, -0.2) is 72.3 Å². The van der Waals surface area contributed by atoms with Crippen molar-refractivity contribution >= 4 is 55.0 Å². The van der Waals surface area contributed by atoms with Gasteiger partial charge in [-0.25, -0.2) is 9.37 Å². The van der Waals surface area contributed by atoms with Gasteiger partial charge in [-0.05, 0) is 57.1 Å². The van der Waals surface area contributed by atoms with E-state index >= 15 is 4.39 Å². The molecule has 8 nitrogen and oxygen atoms in total. The zero-order chi connectivity index (χ0) is 25.7. The molecule has 0 spiro atoms. The van der Waals surface area contributed by atoms with E-state index in [-0.39, 0.29) is 22.1 Å². The van der Waals surface area contributed by atoms with Crippen LogP contribution >= 0.6 is 22.9 Å². The summed E-state index contributed by atoms with van der Waals surface area (Å²) in [6.45, 7) is 6.58. The molecule has 2 aliphatic rings. The van der Waals surface area contributed by atoms with Crippen LogP contribution in [0.15, 0.2) is 18.2 Å². The molecule has 0 amide bonds. The normalized spacial score (nSPS) is 18.8. The number of nitrogens with one attached hydrogen (secondary N) is 1. The largest absolute Gasteiger partial charge is 0.462 e. The fourth-order valence-electron chi connectivity index (χ4n) is 5.32. The number of piperazine rings is 1. The van der Waals surface area contributed by atoms with Gasteiger partial charge < -0.3 is 25.6 Å². The first kappa shape index (κ1) is 24.5. The van der Waals surface area contributed by atoms with E-state index in [4.69, 9.17) is 27.1 Å². The molecular weight excluding hydrogens is 513 g/mol. The number of hydrogen-bond acceptors (Lipinski definition) is 9. The van der Waals surface area contributed by atoms with E-state index in [9.17, 15) is 0 Å². The third-order valence-electron chi connectivity index (χ3n) is 7.26. The molecule has 2 saturated heterocycles. The highest BCUT2D eigenvalue weighted by Gasteiger charge is 2.26. The highest BCUT2D eigenvalue weighted by molar-refractivity contribution is 7.22. The third kappa shape index (κ3) is 4.56. The van der Waals surface area contributed by atoms with Crippen LogP contribution in [0.3, 0.4) is 0 Å². The Bertz CT molecular complexity index is 1490. The van der Waals surface area contributed by atoms with E-state index in [1.165, 1.54) is 11.3 Å². The van der Waals surface area contributed by atoms with Crippen LogP contribution in [-0.2, 0) is 0 Å². The second-order valence-corrected chi connectivity index (χ2v) is 11.3. The van der Waals surface area contributed by atoms with Crippen molar-refractivity contribution in [3.05, 3.63) is 34.6 Å². The van der Waals surface area contributed by atoms with Gasteiger partial charge in [0, 0.05) is 48.7 Å². The summed E-state index contributed by atoms with van der Waals surface area (Å²) >= 11 is 8.17. The topological polar surface area (TPSA) is 92.4 Å². The fraction of sp³-hybridized carbons (Fsp3) is 0.423. The smallest absolute Gasteiger partial charge is 0.319 e. The van der Waals surface area contributed by atoms with E-state index in [0.717, 1.165) is 55.8 Å². The molecule has 4 aromatic rings. The first-order valence-electron chi connectivity index (χ1n) is 12.5. The Morgan fingerprint density at radius 1 is 1.16 bits per heavy atom. The lowest BCUT2D eigenvalue weighted by molar-refractivity contribution is 0.188. The zero-order valence-electron chi connectivity index (χ0n) is 20.9. The molecule has 0 aliphatic carbocycles. The van der Waals surface area contributed by atoms with Crippen molar-refractivity contribution in [3.8, 4) is 17.1 Å². The molecule has 0 bridgehead atoms. The van der Waals surface area contributed by atoms with Gasteiger partial charge in [-0.3, -0.25) is 0 Å². The van der Waals surface area contributed by atoms with E-state index in [1.807, 2.05) is 19.1 Å². The maximum atomic E-state index is 16.5. The number of benzene rings is 2. The van der Waals surface area contributed by atoms with Crippen molar-refractivity contribution in [1.29, 1.82) is 0 Å². The van der Waals surface area contributed by atoms with Crippen LogP contribution in [0, 0.1) is 12.7 Å². The van der Waals surface area contributed by atoms with Crippen molar-refractivity contribution in [3.63, 3.8) is 0 Å². The van der Waals surface area contributed by atoms with Crippen molar-refractivity contribution in [1.82, 2.24) is 25.2 Å². The number of rotatable bonds is 5. The summed E-state index contributed by atoms with van der Waals surface area (Å²) < 4.78 is 23.5. The van der Waals surface area contributed by atoms with Gasteiger partial charge in [-0.2, -0.15) is 9.97 Å². The minimum atomic E-state index is -0.511. The Kier molecular flexibility index (Phi) is 6.52. The Morgan fingerprint density at radius 2 is 1.97 bits per heavy atom. The number of thiazole rings is 1. The molecule has 4 heterocycles. The summed E-state index contributed by atoms with van der Waals surface area (Å²) in [6, 6.07) is 6.13. The highest BCUT2D eigenvalue weighted by Crippen LogP contribution is 2.42. The minimum absolute atomic E-state index is 0.181. The molecule has 6 rings (SSSR count). The molecular formula is C26H29ClFN7OS. The number of anilines is 2. The maximum Gasteiger partial charge on any atom is 0.319 e. The van der Waals surface area contributed by atoms with Gasteiger partial charge >= 0.3 is 6.01 Å². The quantitative estimate of drug-likeness (QED) is 0.382. The number of nitrogens with two attached hydrogens (primary N) is 1. The molecule has 0 saturated carbocycles. The van der Waals surface area contributed by atoms with E-state index in [2.05, 4.69) is 32.1 Å². The number of hydrogen-bond donors (Lipinski definition) is 2. The summed E-state index contributed by atoms with van der Waals surface area (Å²) in [5, 5.41) is 4.63. The monoisotopic (exact) mass is 541 g/mol. The van der Waals surface area contributed by atoms with Crippen molar-refractivity contribution in [2.45, 2.75) is 25.8 Å². The van der Waals surface area contributed by atoms with Crippen LogP contribution in [0.4, 0.5) is 15.3 Å². The van der Waals surface area contributed by atoms with E-state index in [0.29, 0.717) is 40.1 Å². The SMILES string of the molecule is Cc1cc(-c2c(Cl)cc3c(N4CCNCC4)nc(OC[C@@H]4CCCN4C)nc3c2F)c2nc(N)sc2c1. The summed E-state index contributed by atoms with van der Waals surface area (Å²) in [5.41, 5.74) is 8.65. The van der Waals surface area contributed by atoms with Crippen LogP contribution in [0.2, 0.25) is 5.02 Å². The molecule has 37 heavy (non-hydrogen) atoms.